The number of carbonyl (C=O) groups is 3. The van der Waals surface area contributed by atoms with Crippen molar-refractivity contribution in [2.45, 2.75) is 65.1 Å². The summed E-state index contributed by atoms with van der Waals surface area (Å²) in [6.07, 6.45) is 2.98. The monoisotopic (exact) mass is 486 g/mol. The number of carbonyl (C=O) groups excluding carboxylic acids is 3. The van der Waals surface area contributed by atoms with E-state index in [-0.39, 0.29) is 36.3 Å². The van der Waals surface area contributed by atoms with Gasteiger partial charge >= 0.3 is 5.76 Å². The summed E-state index contributed by atoms with van der Waals surface area (Å²) in [7, 11) is 0. The van der Waals surface area contributed by atoms with Crippen LogP contribution < -0.4 is 16.4 Å². The fourth-order valence-corrected chi connectivity index (χ4v) is 4.17. The second-order valence-corrected chi connectivity index (χ2v) is 9.17. The van der Waals surface area contributed by atoms with Gasteiger partial charge in [-0.25, -0.2) is 4.79 Å². The Bertz CT molecular complexity index is 1060. The molecule has 1 fully saturated rings. The molecule has 3 atom stereocenters. The second-order valence-electron chi connectivity index (χ2n) is 9.17. The Morgan fingerprint density at radius 1 is 1.17 bits per heavy atom. The molecule has 35 heavy (non-hydrogen) atoms. The van der Waals surface area contributed by atoms with Gasteiger partial charge in [-0.3, -0.25) is 14.4 Å². The molecule has 10 heteroatoms. The van der Waals surface area contributed by atoms with Crippen molar-refractivity contribution in [3.05, 3.63) is 52.3 Å². The van der Waals surface area contributed by atoms with Gasteiger partial charge in [0.1, 0.15) is 6.04 Å². The number of nitrogens with one attached hydrogen (secondary N) is 2. The van der Waals surface area contributed by atoms with Gasteiger partial charge in [0.25, 0.3) is 11.8 Å². The summed E-state index contributed by atoms with van der Waals surface area (Å²) < 4.78 is 11.6. The zero-order valence-corrected chi connectivity index (χ0v) is 20.5. The zero-order valence-electron chi connectivity index (χ0n) is 20.5. The number of Topliss-reactive ketones (excluding diaryl/α,β-unsaturated/α-hetero) is 1. The molecule has 1 saturated carbocycles. The Labute approximate surface area is 204 Å². The number of nitrogens with zero attached hydrogens (tertiary/aromatic N) is 2. The fraction of sp³-hybridized carbons (Fsp3) is 0.560. The van der Waals surface area contributed by atoms with Crippen molar-refractivity contribution in [2.75, 3.05) is 13.2 Å². The van der Waals surface area contributed by atoms with Crippen molar-refractivity contribution in [2.24, 2.45) is 11.8 Å². The quantitative estimate of drug-likeness (QED) is 0.465. The van der Waals surface area contributed by atoms with E-state index in [1.807, 2.05) is 19.9 Å². The summed E-state index contributed by atoms with van der Waals surface area (Å²) in [5, 5.41) is 9.75. The second kappa shape index (κ2) is 12.4. The lowest BCUT2D eigenvalue weighted by molar-refractivity contribution is -0.127. The number of ether oxygens (including phenoxy) is 1. The first kappa shape index (κ1) is 26.3. The predicted octanol–water partition coefficient (Wildman–Crippen LogP) is 2.19. The summed E-state index contributed by atoms with van der Waals surface area (Å²) in [5.74, 6) is -2.68. The smallest absolute Gasteiger partial charge is 0.384 e. The first-order chi connectivity index (χ1) is 16.8. The number of amides is 2. The van der Waals surface area contributed by atoms with Crippen LogP contribution in [0.4, 0.5) is 0 Å². The minimum absolute atomic E-state index is 0.0877. The van der Waals surface area contributed by atoms with Crippen molar-refractivity contribution >= 4 is 17.6 Å². The molecule has 0 radical (unpaired) electrons. The van der Waals surface area contributed by atoms with Crippen LogP contribution in [-0.4, -0.2) is 52.7 Å². The molecular formula is C25H34N4O6. The molecule has 0 aliphatic heterocycles. The van der Waals surface area contributed by atoms with E-state index in [9.17, 15) is 19.2 Å². The maximum absolute atomic E-state index is 13.3. The normalized spacial score (nSPS) is 18.7. The molecule has 1 aliphatic carbocycles. The lowest BCUT2D eigenvalue weighted by atomic mass is 9.83. The Kier molecular flexibility index (Phi) is 9.36. The topological polar surface area (TPSA) is 133 Å². The number of rotatable bonds is 11. The molecule has 0 spiro atoms. The zero-order chi connectivity index (χ0) is 25.4. The van der Waals surface area contributed by atoms with Crippen molar-refractivity contribution in [1.82, 2.24) is 20.4 Å². The third kappa shape index (κ3) is 7.11. The van der Waals surface area contributed by atoms with Crippen LogP contribution in [0.15, 0.2) is 39.5 Å². The Balaban J connectivity index is 1.73. The van der Waals surface area contributed by atoms with E-state index in [4.69, 9.17) is 9.15 Å². The van der Waals surface area contributed by atoms with Gasteiger partial charge in [0.05, 0.1) is 19.1 Å². The van der Waals surface area contributed by atoms with E-state index < -0.39 is 23.5 Å². The molecule has 0 bridgehead atoms. The highest BCUT2D eigenvalue weighted by molar-refractivity contribution is 5.99. The summed E-state index contributed by atoms with van der Waals surface area (Å²) >= 11 is 0. The van der Waals surface area contributed by atoms with Crippen LogP contribution in [-0.2, 0) is 16.1 Å². The van der Waals surface area contributed by atoms with E-state index >= 15 is 0 Å². The van der Waals surface area contributed by atoms with Gasteiger partial charge < -0.3 is 19.8 Å². The van der Waals surface area contributed by atoms with Crippen LogP contribution in [0.2, 0.25) is 0 Å². The third-order valence-electron chi connectivity index (χ3n) is 5.93. The minimum Gasteiger partial charge on any atom is -0.384 e. The van der Waals surface area contributed by atoms with E-state index in [2.05, 4.69) is 15.7 Å². The molecule has 2 aromatic rings. The van der Waals surface area contributed by atoms with Gasteiger partial charge in [-0.05, 0) is 37.8 Å². The average molecular weight is 487 g/mol. The van der Waals surface area contributed by atoms with Crippen molar-refractivity contribution in [1.29, 1.82) is 0 Å². The van der Waals surface area contributed by atoms with E-state index in [1.165, 1.54) is 0 Å². The van der Waals surface area contributed by atoms with Crippen LogP contribution >= 0.6 is 0 Å². The third-order valence-corrected chi connectivity index (χ3v) is 5.93. The van der Waals surface area contributed by atoms with Crippen molar-refractivity contribution in [3.63, 3.8) is 0 Å². The lowest BCUT2D eigenvalue weighted by Gasteiger charge is -2.32. The largest absolute Gasteiger partial charge is 0.437 e. The average Bonchev–Trinajstić information content (AvgIpc) is 3.21. The van der Waals surface area contributed by atoms with Crippen LogP contribution in [0, 0.1) is 11.8 Å². The van der Waals surface area contributed by atoms with Gasteiger partial charge in [-0.2, -0.15) is 4.68 Å². The Morgan fingerprint density at radius 2 is 1.89 bits per heavy atom. The van der Waals surface area contributed by atoms with Crippen molar-refractivity contribution in [3.8, 4) is 0 Å². The van der Waals surface area contributed by atoms with Gasteiger partial charge in [-0.1, -0.05) is 44.9 Å². The predicted molar refractivity (Wildman–Crippen MR) is 128 cm³/mol. The SMILES string of the molecule is CCOC[C@H](NC(=O)[C@@H]1CCCC[C@@H]1NC(=O)c1ccccc1)C(=O)c1nn(CC(C)C)c(=O)o1. The molecule has 0 saturated heterocycles. The van der Waals surface area contributed by atoms with Crippen LogP contribution in [0.3, 0.4) is 0 Å². The number of benzene rings is 1. The molecule has 2 amide bonds. The van der Waals surface area contributed by atoms with Crippen LogP contribution in [0.5, 0.6) is 0 Å². The number of aromatic nitrogens is 2. The molecule has 0 unspecified atom stereocenters. The van der Waals surface area contributed by atoms with E-state index in [0.717, 1.165) is 17.5 Å². The molecular weight excluding hydrogens is 452 g/mol. The van der Waals surface area contributed by atoms with Crippen LogP contribution in [0.1, 0.15) is 67.5 Å². The Hall–Kier alpha value is -3.27. The molecule has 1 aromatic heterocycles. The minimum atomic E-state index is -1.07. The maximum atomic E-state index is 13.3. The molecule has 1 heterocycles. The maximum Gasteiger partial charge on any atom is 0.437 e. The first-order valence-corrected chi connectivity index (χ1v) is 12.2. The van der Waals surface area contributed by atoms with Gasteiger partial charge in [-0.15, -0.1) is 5.10 Å². The first-order valence-electron chi connectivity index (χ1n) is 12.2. The van der Waals surface area contributed by atoms with Gasteiger partial charge in [0.15, 0.2) is 0 Å². The Morgan fingerprint density at radius 3 is 2.57 bits per heavy atom. The van der Waals surface area contributed by atoms with E-state index in [0.29, 0.717) is 31.6 Å². The summed E-state index contributed by atoms with van der Waals surface area (Å²) in [6.45, 7) is 6.16. The number of hydrogen-bond donors (Lipinski definition) is 2. The molecule has 190 valence electrons. The molecule has 1 aromatic carbocycles. The molecule has 1 aliphatic rings. The summed E-state index contributed by atoms with van der Waals surface area (Å²) in [4.78, 5) is 51.1. The molecule has 2 N–H and O–H groups in total. The fourth-order valence-electron chi connectivity index (χ4n) is 4.17. The van der Waals surface area contributed by atoms with E-state index in [1.54, 1.807) is 31.2 Å². The van der Waals surface area contributed by atoms with Crippen LogP contribution in [0.25, 0.3) is 0 Å². The molecule has 3 rings (SSSR count). The highest BCUT2D eigenvalue weighted by Gasteiger charge is 2.35. The number of hydrogen-bond acceptors (Lipinski definition) is 7. The molecule has 10 nitrogen and oxygen atoms in total. The summed E-state index contributed by atoms with van der Waals surface area (Å²) in [6, 6.07) is 7.40. The highest BCUT2D eigenvalue weighted by atomic mass is 16.5. The summed E-state index contributed by atoms with van der Waals surface area (Å²) in [5.41, 5.74) is 0.522. The van der Waals surface area contributed by atoms with Gasteiger partial charge in [0, 0.05) is 18.2 Å². The highest BCUT2D eigenvalue weighted by Crippen LogP contribution is 2.25. The van der Waals surface area contributed by atoms with Crippen molar-refractivity contribution < 1.29 is 23.5 Å². The lowest BCUT2D eigenvalue weighted by Crippen LogP contribution is -2.52. The standard InChI is InChI=1S/C25H34N4O6/c1-4-34-15-20(21(30)24-28-29(14-16(2)3)25(33)35-24)27-23(32)18-12-8-9-13-19(18)26-22(31)17-10-6-5-7-11-17/h5-7,10-11,16,18-20H,4,8-9,12-15H2,1-3H3,(H,26,31)(H,27,32)/t18-,19+,20+/m1/s1. The van der Waals surface area contributed by atoms with Gasteiger partial charge in [0.2, 0.25) is 11.7 Å². The number of ketones is 1.